The molecule has 3 heteroatoms. The molecule has 1 aromatic rings. The maximum Gasteiger partial charge on any atom is 0.0951 e. The highest BCUT2D eigenvalue weighted by Gasteiger charge is 2.22. The molecule has 0 bridgehead atoms. The van der Waals surface area contributed by atoms with E-state index in [0.29, 0.717) is 6.04 Å². The lowest BCUT2D eigenvalue weighted by Gasteiger charge is -2.25. The van der Waals surface area contributed by atoms with Gasteiger partial charge < -0.3 is 9.88 Å². The summed E-state index contributed by atoms with van der Waals surface area (Å²) in [4.78, 5) is 4.30. The SMILES string of the molecule is CNCc1cncn1C1CCCCCC1C. The Morgan fingerprint density at radius 1 is 1.38 bits per heavy atom. The van der Waals surface area contributed by atoms with Crippen LogP contribution in [0.1, 0.15) is 50.8 Å². The molecule has 0 aliphatic heterocycles. The lowest BCUT2D eigenvalue weighted by molar-refractivity contribution is 0.325. The minimum atomic E-state index is 0.661. The molecule has 1 heterocycles. The number of aromatic nitrogens is 2. The highest BCUT2D eigenvalue weighted by molar-refractivity contribution is 5.01. The summed E-state index contributed by atoms with van der Waals surface area (Å²) in [6.07, 6.45) is 10.8. The van der Waals surface area contributed by atoms with Crippen LogP contribution < -0.4 is 5.32 Å². The van der Waals surface area contributed by atoms with Crippen LogP contribution in [-0.2, 0) is 6.54 Å². The minimum Gasteiger partial charge on any atom is -0.330 e. The number of nitrogens with one attached hydrogen (secondary N) is 1. The highest BCUT2D eigenvalue weighted by atomic mass is 15.1. The monoisotopic (exact) mass is 221 g/mol. The Balaban J connectivity index is 2.16. The zero-order valence-corrected chi connectivity index (χ0v) is 10.4. The van der Waals surface area contributed by atoms with Gasteiger partial charge in [0.2, 0.25) is 0 Å². The van der Waals surface area contributed by atoms with Gasteiger partial charge in [0.05, 0.1) is 12.0 Å². The van der Waals surface area contributed by atoms with Crippen LogP contribution in [0.15, 0.2) is 12.5 Å². The maximum atomic E-state index is 4.30. The van der Waals surface area contributed by atoms with Crippen molar-refractivity contribution in [3.8, 4) is 0 Å². The quantitative estimate of drug-likeness (QED) is 0.795. The summed E-state index contributed by atoms with van der Waals surface area (Å²) in [5, 5.41) is 3.22. The molecule has 0 radical (unpaired) electrons. The Kier molecular flexibility index (Phi) is 3.99. The van der Waals surface area contributed by atoms with E-state index in [-0.39, 0.29) is 0 Å². The fraction of sp³-hybridized carbons (Fsp3) is 0.769. The third-order valence-corrected chi connectivity index (χ3v) is 3.78. The third kappa shape index (κ3) is 2.46. The number of imidazole rings is 1. The maximum absolute atomic E-state index is 4.30. The van der Waals surface area contributed by atoms with Crippen molar-refractivity contribution in [2.75, 3.05) is 7.05 Å². The molecule has 1 aromatic heterocycles. The fourth-order valence-electron chi connectivity index (χ4n) is 2.84. The zero-order valence-electron chi connectivity index (χ0n) is 10.4. The molecule has 0 spiro atoms. The minimum absolute atomic E-state index is 0.661. The Morgan fingerprint density at radius 2 is 2.19 bits per heavy atom. The lowest BCUT2D eigenvalue weighted by atomic mass is 9.96. The van der Waals surface area contributed by atoms with Gasteiger partial charge in [0.1, 0.15) is 0 Å². The first-order valence-corrected chi connectivity index (χ1v) is 6.48. The Morgan fingerprint density at radius 3 is 3.00 bits per heavy atom. The normalized spacial score (nSPS) is 26.6. The van der Waals surface area contributed by atoms with Gasteiger partial charge in [0.15, 0.2) is 0 Å². The fourth-order valence-corrected chi connectivity index (χ4v) is 2.84. The molecular formula is C13H23N3. The van der Waals surface area contributed by atoms with Crippen LogP contribution in [0.2, 0.25) is 0 Å². The van der Waals surface area contributed by atoms with Crippen LogP contribution in [0, 0.1) is 5.92 Å². The Hall–Kier alpha value is -0.830. The van der Waals surface area contributed by atoms with Gasteiger partial charge >= 0.3 is 0 Å². The molecule has 3 nitrogen and oxygen atoms in total. The molecule has 2 unspecified atom stereocenters. The molecule has 2 rings (SSSR count). The van der Waals surface area contributed by atoms with Crippen LogP contribution in [0.3, 0.4) is 0 Å². The second kappa shape index (κ2) is 5.48. The molecular weight excluding hydrogens is 198 g/mol. The summed E-state index contributed by atoms with van der Waals surface area (Å²) in [5.41, 5.74) is 1.32. The predicted octanol–water partition coefficient (Wildman–Crippen LogP) is 2.74. The number of hydrogen-bond acceptors (Lipinski definition) is 2. The van der Waals surface area contributed by atoms with Crippen LogP contribution in [0.5, 0.6) is 0 Å². The Bertz CT molecular complexity index is 319. The molecule has 0 aromatic carbocycles. The van der Waals surface area contributed by atoms with Gasteiger partial charge in [0.25, 0.3) is 0 Å². The first kappa shape index (κ1) is 11.6. The lowest BCUT2D eigenvalue weighted by Crippen LogP contribution is -2.20. The largest absolute Gasteiger partial charge is 0.330 e. The predicted molar refractivity (Wildman–Crippen MR) is 66.3 cm³/mol. The molecule has 2 atom stereocenters. The molecule has 1 N–H and O–H groups in total. The van der Waals surface area contributed by atoms with Crippen molar-refractivity contribution in [1.82, 2.24) is 14.9 Å². The van der Waals surface area contributed by atoms with E-state index < -0.39 is 0 Å². The van der Waals surface area contributed by atoms with Crippen molar-refractivity contribution in [1.29, 1.82) is 0 Å². The molecule has 1 fully saturated rings. The highest BCUT2D eigenvalue weighted by Crippen LogP contribution is 2.32. The van der Waals surface area contributed by atoms with E-state index in [0.717, 1.165) is 12.5 Å². The van der Waals surface area contributed by atoms with Crippen molar-refractivity contribution < 1.29 is 0 Å². The van der Waals surface area contributed by atoms with Crippen molar-refractivity contribution >= 4 is 0 Å². The third-order valence-electron chi connectivity index (χ3n) is 3.78. The van der Waals surface area contributed by atoms with Gasteiger partial charge in [-0.25, -0.2) is 4.98 Å². The first-order chi connectivity index (χ1) is 7.83. The molecule has 1 aliphatic rings. The second-order valence-corrected chi connectivity index (χ2v) is 5.01. The van der Waals surface area contributed by atoms with Crippen LogP contribution in [0.25, 0.3) is 0 Å². The van der Waals surface area contributed by atoms with Crippen LogP contribution in [-0.4, -0.2) is 16.6 Å². The zero-order chi connectivity index (χ0) is 11.4. The average Bonchev–Trinajstić information content (AvgIpc) is 2.61. The standard InChI is InChI=1S/C13H23N3/c1-11-6-4-3-5-7-13(11)16-10-15-9-12(16)8-14-2/h9-11,13-14H,3-8H2,1-2H3. The van der Waals surface area contributed by atoms with Gasteiger partial charge in [-0.05, 0) is 25.8 Å². The van der Waals surface area contributed by atoms with Gasteiger partial charge in [-0.2, -0.15) is 0 Å². The molecule has 16 heavy (non-hydrogen) atoms. The van der Waals surface area contributed by atoms with Gasteiger partial charge in [-0.15, -0.1) is 0 Å². The Labute approximate surface area is 98.3 Å². The van der Waals surface area contributed by atoms with E-state index in [4.69, 9.17) is 0 Å². The molecule has 0 amide bonds. The van der Waals surface area contributed by atoms with Gasteiger partial charge in [-0.1, -0.05) is 26.2 Å². The second-order valence-electron chi connectivity index (χ2n) is 5.01. The smallest absolute Gasteiger partial charge is 0.0951 e. The van der Waals surface area contributed by atoms with Gasteiger partial charge in [-0.3, -0.25) is 0 Å². The summed E-state index contributed by atoms with van der Waals surface area (Å²) in [5.74, 6) is 0.785. The summed E-state index contributed by atoms with van der Waals surface area (Å²) in [7, 11) is 1.99. The van der Waals surface area contributed by atoms with Crippen molar-refractivity contribution in [2.24, 2.45) is 5.92 Å². The van der Waals surface area contributed by atoms with E-state index in [9.17, 15) is 0 Å². The van der Waals surface area contributed by atoms with E-state index >= 15 is 0 Å². The first-order valence-electron chi connectivity index (χ1n) is 6.48. The summed E-state index contributed by atoms with van der Waals surface area (Å²) in [6.45, 7) is 3.31. The van der Waals surface area contributed by atoms with Crippen LogP contribution in [0.4, 0.5) is 0 Å². The van der Waals surface area contributed by atoms with Crippen molar-refractivity contribution in [3.63, 3.8) is 0 Å². The topological polar surface area (TPSA) is 29.9 Å². The van der Waals surface area contributed by atoms with Gasteiger partial charge in [0, 0.05) is 18.8 Å². The van der Waals surface area contributed by atoms with Crippen LogP contribution >= 0.6 is 0 Å². The van der Waals surface area contributed by atoms with Crippen molar-refractivity contribution in [2.45, 2.75) is 51.6 Å². The number of rotatable bonds is 3. The summed E-state index contributed by atoms with van der Waals surface area (Å²) >= 11 is 0. The number of nitrogens with zero attached hydrogens (tertiary/aromatic N) is 2. The number of hydrogen-bond donors (Lipinski definition) is 1. The molecule has 1 saturated carbocycles. The summed E-state index contributed by atoms with van der Waals surface area (Å²) in [6, 6.07) is 0.661. The molecule has 90 valence electrons. The van der Waals surface area contributed by atoms with E-state index in [1.54, 1.807) is 0 Å². The average molecular weight is 221 g/mol. The molecule has 1 aliphatic carbocycles. The molecule has 0 saturated heterocycles. The van der Waals surface area contributed by atoms with E-state index in [2.05, 4.69) is 21.8 Å². The van der Waals surface area contributed by atoms with E-state index in [1.807, 2.05) is 19.6 Å². The van der Waals surface area contributed by atoms with Crippen molar-refractivity contribution in [3.05, 3.63) is 18.2 Å². The van der Waals surface area contributed by atoms with E-state index in [1.165, 1.54) is 37.8 Å². The summed E-state index contributed by atoms with van der Waals surface area (Å²) < 4.78 is 2.40.